The molecule has 6 nitrogen and oxygen atoms in total. The molecule has 0 spiro atoms. The third kappa shape index (κ3) is 7.56. The molecule has 4 N–H and O–H groups in total. The molecule has 23 heavy (non-hydrogen) atoms. The fraction of sp³-hybridized carbons (Fsp3) is 0.588. The van der Waals surface area contributed by atoms with Gasteiger partial charge in [-0.05, 0) is 18.4 Å². The van der Waals surface area contributed by atoms with E-state index in [-0.39, 0.29) is 5.91 Å². The molecule has 0 saturated heterocycles. The number of nitrogens with one attached hydrogen (secondary N) is 1. The molecule has 0 bridgehead atoms. The van der Waals surface area contributed by atoms with Gasteiger partial charge in [0.05, 0.1) is 26.4 Å². The number of amides is 1. The largest absolute Gasteiger partial charge is 0.394 e. The SMILES string of the molecule is O=C(CCCCCOCc1ccccc1)NC(CO)(CO)CO. The van der Waals surface area contributed by atoms with Crippen LogP contribution in [0.4, 0.5) is 0 Å². The number of rotatable bonds is 12. The van der Waals surface area contributed by atoms with Gasteiger partial charge in [0.2, 0.25) is 5.91 Å². The Kier molecular flexibility index (Phi) is 9.47. The second-order valence-electron chi connectivity index (χ2n) is 5.65. The lowest BCUT2D eigenvalue weighted by molar-refractivity contribution is -0.125. The summed E-state index contributed by atoms with van der Waals surface area (Å²) < 4.78 is 5.56. The quantitative estimate of drug-likeness (QED) is 0.422. The number of aliphatic hydroxyl groups is 3. The molecule has 1 aromatic carbocycles. The smallest absolute Gasteiger partial charge is 0.220 e. The third-order valence-corrected chi connectivity index (χ3v) is 3.62. The number of hydrogen-bond donors (Lipinski definition) is 4. The molecule has 0 aliphatic heterocycles. The molecule has 0 aliphatic rings. The van der Waals surface area contributed by atoms with E-state index in [1.807, 2.05) is 30.3 Å². The van der Waals surface area contributed by atoms with Gasteiger partial charge in [0.1, 0.15) is 5.54 Å². The van der Waals surface area contributed by atoms with Crippen LogP contribution in [-0.2, 0) is 16.1 Å². The van der Waals surface area contributed by atoms with Crippen LogP contribution in [0, 0.1) is 0 Å². The van der Waals surface area contributed by atoms with Crippen molar-refractivity contribution in [2.75, 3.05) is 26.4 Å². The normalized spacial score (nSPS) is 11.4. The zero-order valence-corrected chi connectivity index (χ0v) is 13.4. The highest BCUT2D eigenvalue weighted by atomic mass is 16.5. The number of aliphatic hydroxyl groups excluding tert-OH is 3. The van der Waals surface area contributed by atoms with Gasteiger partial charge in [-0.3, -0.25) is 4.79 Å². The first kappa shape index (κ1) is 19.6. The molecule has 0 aliphatic carbocycles. The van der Waals surface area contributed by atoms with E-state index in [0.717, 1.165) is 18.4 Å². The minimum atomic E-state index is -1.34. The van der Waals surface area contributed by atoms with Gasteiger partial charge in [0.25, 0.3) is 0 Å². The maximum absolute atomic E-state index is 11.7. The Morgan fingerprint density at radius 2 is 1.65 bits per heavy atom. The number of unbranched alkanes of at least 4 members (excludes halogenated alkanes) is 2. The van der Waals surface area contributed by atoms with Crippen LogP contribution in [0.5, 0.6) is 0 Å². The Morgan fingerprint density at radius 3 is 2.26 bits per heavy atom. The van der Waals surface area contributed by atoms with Crippen LogP contribution >= 0.6 is 0 Å². The predicted molar refractivity (Wildman–Crippen MR) is 86.7 cm³/mol. The highest BCUT2D eigenvalue weighted by molar-refractivity contribution is 5.76. The Labute approximate surface area is 137 Å². The van der Waals surface area contributed by atoms with Crippen LogP contribution in [0.15, 0.2) is 30.3 Å². The lowest BCUT2D eigenvalue weighted by Gasteiger charge is -2.28. The topological polar surface area (TPSA) is 99.0 Å². The van der Waals surface area contributed by atoms with E-state index in [9.17, 15) is 4.79 Å². The van der Waals surface area contributed by atoms with Gasteiger partial charge < -0.3 is 25.4 Å². The van der Waals surface area contributed by atoms with Crippen molar-refractivity contribution >= 4 is 5.91 Å². The molecule has 0 radical (unpaired) electrons. The molecule has 1 rings (SSSR count). The van der Waals surface area contributed by atoms with Crippen molar-refractivity contribution in [3.05, 3.63) is 35.9 Å². The first-order valence-electron chi connectivity index (χ1n) is 7.91. The van der Waals surface area contributed by atoms with E-state index in [1.54, 1.807) is 0 Å². The number of carbonyl (C=O) groups is 1. The molecule has 0 atom stereocenters. The van der Waals surface area contributed by atoms with Gasteiger partial charge >= 0.3 is 0 Å². The lowest BCUT2D eigenvalue weighted by atomic mass is 10.0. The Morgan fingerprint density at radius 1 is 1.00 bits per heavy atom. The van der Waals surface area contributed by atoms with E-state index in [1.165, 1.54) is 0 Å². The summed E-state index contributed by atoms with van der Waals surface area (Å²) >= 11 is 0. The second-order valence-corrected chi connectivity index (χ2v) is 5.65. The fourth-order valence-corrected chi connectivity index (χ4v) is 2.06. The Hall–Kier alpha value is -1.47. The van der Waals surface area contributed by atoms with Crippen LogP contribution in [0.25, 0.3) is 0 Å². The molecule has 6 heteroatoms. The van der Waals surface area contributed by atoms with Crippen LogP contribution < -0.4 is 5.32 Å². The molecule has 0 unspecified atom stereocenters. The van der Waals surface area contributed by atoms with Crippen molar-refractivity contribution in [3.63, 3.8) is 0 Å². The number of ether oxygens (including phenoxy) is 1. The number of hydrogen-bond acceptors (Lipinski definition) is 5. The van der Waals surface area contributed by atoms with Crippen molar-refractivity contribution in [1.29, 1.82) is 0 Å². The maximum atomic E-state index is 11.7. The monoisotopic (exact) mass is 325 g/mol. The van der Waals surface area contributed by atoms with E-state index >= 15 is 0 Å². The van der Waals surface area contributed by atoms with E-state index in [2.05, 4.69) is 5.32 Å². The van der Waals surface area contributed by atoms with Gasteiger partial charge in [0, 0.05) is 13.0 Å². The molecule has 0 saturated carbocycles. The summed E-state index contributed by atoms with van der Waals surface area (Å²) in [7, 11) is 0. The average Bonchev–Trinajstić information content (AvgIpc) is 2.60. The van der Waals surface area contributed by atoms with Crippen molar-refractivity contribution < 1.29 is 24.9 Å². The number of benzene rings is 1. The van der Waals surface area contributed by atoms with Gasteiger partial charge in [-0.1, -0.05) is 36.8 Å². The summed E-state index contributed by atoms with van der Waals surface area (Å²) in [5.41, 5.74) is -0.198. The summed E-state index contributed by atoms with van der Waals surface area (Å²) in [6, 6.07) is 9.94. The lowest BCUT2D eigenvalue weighted by Crippen LogP contribution is -2.57. The highest BCUT2D eigenvalue weighted by Crippen LogP contribution is 2.06. The highest BCUT2D eigenvalue weighted by Gasteiger charge is 2.29. The molecule has 0 fully saturated rings. The average molecular weight is 325 g/mol. The van der Waals surface area contributed by atoms with Gasteiger partial charge in [-0.2, -0.15) is 0 Å². The molecule has 130 valence electrons. The van der Waals surface area contributed by atoms with Gasteiger partial charge in [-0.15, -0.1) is 0 Å². The van der Waals surface area contributed by atoms with Crippen LogP contribution in [0.1, 0.15) is 31.2 Å². The molecule has 1 aromatic rings. The fourth-order valence-electron chi connectivity index (χ4n) is 2.06. The maximum Gasteiger partial charge on any atom is 0.220 e. The van der Waals surface area contributed by atoms with E-state index in [4.69, 9.17) is 20.1 Å². The third-order valence-electron chi connectivity index (χ3n) is 3.62. The Bertz CT molecular complexity index is 426. The summed E-state index contributed by atoms with van der Waals surface area (Å²) in [6.45, 7) is -0.269. The van der Waals surface area contributed by atoms with Crippen LogP contribution in [-0.4, -0.2) is 53.2 Å². The van der Waals surface area contributed by atoms with Crippen molar-refractivity contribution in [2.45, 2.75) is 37.8 Å². The molecule has 0 heterocycles. The predicted octanol–water partition coefficient (Wildman–Crippen LogP) is 0.595. The minimum absolute atomic E-state index is 0.285. The van der Waals surface area contributed by atoms with Crippen LogP contribution in [0.2, 0.25) is 0 Å². The molecule has 1 amide bonds. The Balaban J connectivity index is 2.07. The molecular formula is C17H27NO5. The summed E-state index contributed by atoms with van der Waals surface area (Å²) in [4.78, 5) is 11.7. The van der Waals surface area contributed by atoms with E-state index < -0.39 is 25.4 Å². The minimum Gasteiger partial charge on any atom is -0.394 e. The van der Waals surface area contributed by atoms with Crippen molar-refractivity contribution in [2.24, 2.45) is 0 Å². The van der Waals surface area contributed by atoms with Gasteiger partial charge in [-0.25, -0.2) is 0 Å². The summed E-state index contributed by atoms with van der Waals surface area (Å²) in [6.07, 6.45) is 2.71. The first-order valence-corrected chi connectivity index (χ1v) is 7.91. The van der Waals surface area contributed by atoms with Crippen molar-refractivity contribution in [3.8, 4) is 0 Å². The number of carbonyl (C=O) groups excluding carboxylic acids is 1. The standard InChI is InChI=1S/C17H27NO5/c19-12-17(13-20,14-21)18-16(22)9-5-2-6-10-23-11-15-7-3-1-4-8-15/h1,3-4,7-8,19-21H,2,5-6,9-14H2,(H,18,22). The summed E-state index contributed by atoms with van der Waals surface area (Å²) in [5.74, 6) is -0.285. The molecular weight excluding hydrogens is 298 g/mol. The van der Waals surface area contributed by atoms with E-state index in [0.29, 0.717) is 26.1 Å². The zero-order chi connectivity index (χ0) is 17.0. The second kappa shape index (κ2) is 11.1. The molecule has 0 aromatic heterocycles. The zero-order valence-electron chi connectivity index (χ0n) is 13.4. The van der Waals surface area contributed by atoms with Crippen molar-refractivity contribution in [1.82, 2.24) is 5.32 Å². The summed E-state index contributed by atoms with van der Waals surface area (Å²) in [5, 5.41) is 29.9. The van der Waals surface area contributed by atoms with Crippen LogP contribution in [0.3, 0.4) is 0 Å². The first-order chi connectivity index (χ1) is 11.2. The van der Waals surface area contributed by atoms with Gasteiger partial charge in [0.15, 0.2) is 0 Å².